The molecule has 3 N–H and O–H groups in total. The molecular formula is C21H29N3O3. The molecule has 2 heterocycles. The van der Waals surface area contributed by atoms with Crippen molar-refractivity contribution in [1.29, 1.82) is 0 Å². The minimum Gasteiger partial charge on any atom is -0.490 e. The second kappa shape index (κ2) is 7.90. The van der Waals surface area contributed by atoms with Gasteiger partial charge in [0.05, 0.1) is 11.6 Å². The molecule has 4 rings (SSSR count). The summed E-state index contributed by atoms with van der Waals surface area (Å²) >= 11 is 0. The zero-order chi connectivity index (χ0) is 18.8. The van der Waals surface area contributed by atoms with Crippen LogP contribution in [-0.2, 0) is 11.3 Å². The van der Waals surface area contributed by atoms with Crippen LogP contribution < -0.4 is 10.5 Å². The second-order valence-corrected chi connectivity index (χ2v) is 7.87. The van der Waals surface area contributed by atoms with E-state index in [2.05, 4.69) is 4.90 Å². The Labute approximate surface area is 159 Å². The summed E-state index contributed by atoms with van der Waals surface area (Å²) in [5.41, 5.74) is 6.30. The van der Waals surface area contributed by atoms with Gasteiger partial charge in [0.25, 0.3) is 0 Å². The topological polar surface area (TPSA) is 80.7 Å². The number of carbonyl (C=O) groups is 1. The van der Waals surface area contributed by atoms with Gasteiger partial charge in [0.2, 0.25) is 5.91 Å². The van der Waals surface area contributed by atoms with Crippen LogP contribution in [0.15, 0.2) is 30.5 Å². The first-order chi connectivity index (χ1) is 13.1. The number of aromatic nitrogens is 1. The van der Waals surface area contributed by atoms with Crippen molar-refractivity contribution < 1.29 is 14.6 Å². The monoisotopic (exact) mass is 371 g/mol. The lowest BCUT2D eigenvalue weighted by atomic mass is 9.90. The third-order valence-electron chi connectivity index (χ3n) is 6.03. The highest BCUT2D eigenvalue weighted by molar-refractivity contribution is 5.87. The lowest BCUT2D eigenvalue weighted by Gasteiger charge is -2.41. The van der Waals surface area contributed by atoms with E-state index in [-0.39, 0.29) is 24.7 Å². The number of aliphatic hydroxyl groups excluding tert-OH is 1. The van der Waals surface area contributed by atoms with Crippen LogP contribution in [0.4, 0.5) is 0 Å². The number of likely N-dealkylation sites (tertiary alicyclic amines) is 1. The van der Waals surface area contributed by atoms with Gasteiger partial charge in [-0.05, 0) is 43.9 Å². The van der Waals surface area contributed by atoms with Crippen molar-refractivity contribution in [3.05, 3.63) is 30.5 Å². The molecule has 1 amide bonds. The molecule has 2 aliphatic rings. The van der Waals surface area contributed by atoms with E-state index in [0.717, 1.165) is 61.8 Å². The standard InChI is InChI=1S/C21H29N3O3/c22-21(26)14-24-13-10-16-17(24)5-3-7-20(16)27-15-8-11-23(12-9-15)18-4-1-2-6-19(18)25/h3,5,7,10,13,15,18-19,25H,1-2,4,6,8-9,11-12,14H2,(H2,22,26). The molecule has 1 aliphatic heterocycles. The van der Waals surface area contributed by atoms with Crippen LogP contribution in [0, 0.1) is 0 Å². The summed E-state index contributed by atoms with van der Waals surface area (Å²) in [6.07, 6.45) is 8.27. The summed E-state index contributed by atoms with van der Waals surface area (Å²) in [7, 11) is 0. The molecule has 2 unspecified atom stereocenters. The fourth-order valence-corrected chi connectivity index (χ4v) is 4.63. The number of piperidine rings is 1. The summed E-state index contributed by atoms with van der Waals surface area (Å²) in [6.45, 7) is 2.13. The van der Waals surface area contributed by atoms with Crippen molar-refractivity contribution in [2.45, 2.75) is 63.3 Å². The number of fused-ring (bicyclic) bond motifs is 1. The minimum absolute atomic E-state index is 0.171. The number of amides is 1. The molecule has 6 heteroatoms. The van der Waals surface area contributed by atoms with Gasteiger partial charge in [-0.3, -0.25) is 9.69 Å². The van der Waals surface area contributed by atoms with Crippen molar-refractivity contribution in [2.75, 3.05) is 13.1 Å². The first kappa shape index (κ1) is 18.3. The van der Waals surface area contributed by atoms with E-state index in [1.165, 1.54) is 6.42 Å². The molecule has 0 spiro atoms. The van der Waals surface area contributed by atoms with E-state index in [1.54, 1.807) is 0 Å². The fraction of sp³-hybridized carbons (Fsp3) is 0.571. The highest BCUT2D eigenvalue weighted by atomic mass is 16.5. The number of primary amides is 1. The molecule has 2 aromatic rings. The summed E-state index contributed by atoms with van der Waals surface area (Å²) in [5, 5.41) is 11.3. The van der Waals surface area contributed by atoms with Crippen molar-refractivity contribution in [1.82, 2.24) is 9.47 Å². The van der Waals surface area contributed by atoms with Crippen LogP contribution in [0.25, 0.3) is 10.9 Å². The highest BCUT2D eigenvalue weighted by Gasteiger charge is 2.32. The van der Waals surface area contributed by atoms with Gasteiger partial charge < -0.3 is 20.1 Å². The molecular weight excluding hydrogens is 342 g/mol. The van der Waals surface area contributed by atoms with E-state index in [0.29, 0.717) is 6.04 Å². The molecule has 6 nitrogen and oxygen atoms in total. The summed E-state index contributed by atoms with van der Waals surface area (Å²) < 4.78 is 8.19. The van der Waals surface area contributed by atoms with Crippen molar-refractivity contribution in [2.24, 2.45) is 5.73 Å². The summed E-state index contributed by atoms with van der Waals surface area (Å²) in [4.78, 5) is 13.7. The Morgan fingerprint density at radius 1 is 1.15 bits per heavy atom. The summed E-state index contributed by atoms with van der Waals surface area (Å²) in [6, 6.07) is 8.25. The van der Waals surface area contributed by atoms with E-state index in [1.807, 2.05) is 35.0 Å². The van der Waals surface area contributed by atoms with Crippen molar-refractivity contribution in [3.8, 4) is 5.75 Å². The Morgan fingerprint density at radius 3 is 2.67 bits per heavy atom. The molecule has 146 valence electrons. The molecule has 1 saturated heterocycles. The van der Waals surface area contributed by atoms with Crippen LogP contribution >= 0.6 is 0 Å². The predicted octanol–water partition coefficient (Wildman–Crippen LogP) is 2.27. The Hall–Kier alpha value is -2.05. The van der Waals surface area contributed by atoms with E-state index >= 15 is 0 Å². The maximum Gasteiger partial charge on any atom is 0.237 e. The maximum absolute atomic E-state index is 11.2. The lowest BCUT2D eigenvalue weighted by molar-refractivity contribution is -0.118. The number of rotatable bonds is 5. The van der Waals surface area contributed by atoms with Crippen LogP contribution in [0.3, 0.4) is 0 Å². The number of nitrogens with two attached hydrogens (primary N) is 1. The predicted molar refractivity (Wildman–Crippen MR) is 105 cm³/mol. The van der Waals surface area contributed by atoms with E-state index < -0.39 is 0 Å². The van der Waals surface area contributed by atoms with Crippen LogP contribution in [0.2, 0.25) is 0 Å². The molecule has 0 bridgehead atoms. The summed E-state index contributed by atoms with van der Waals surface area (Å²) in [5.74, 6) is 0.517. The highest BCUT2D eigenvalue weighted by Crippen LogP contribution is 2.31. The van der Waals surface area contributed by atoms with Crippen LogP contribution in [-0.4, -0.2) is 51.8 Å². The van der Waals surface area contributed by atoms with E-state index in [9.17, 15) is 9.90 Å². The zero-order valence-electron chi connectivity index (χ0n) is 15.7. The SMILES string of the molecule is NC(=O)Cn1ccc2c(OC3CCN(C4CCCCC4O)CC3)cccc21. The number of aliphatic hydroxyl groups is 1. The Morgan fingerprint density at radius 2 is 1.93 bits per heavy atom. The number of benzene rings is 1. The minimum atomic E-state index is -0.351. The van der Waals surface area contributed by atoms with Gasteiger partial charge in [-0.2, -0.15) is 0 Å². The van der Waals surface area contributed by atoms with E-state index in [4.69, 9.17) is 10.5 Å². The Kier molecular flexibility index (Phi) is 5.36. The number of carbonyl (C=O) groups excluding carboxylic acids is 1. The van der Waals surface area contributed by atoms with Gasteiger partial charge in [-0.1, -0.05) is 18.9 Å². The van der Waals surface area contributed by atoms with Gasteiger partial charge in [-0.25, -0.2) is 0 Å². The molecule has 27 heavy (non-hydrogen) atoms. The third kappa shape index (κ3) is 3.96. The number of ether oxygens (including phenoxy) is 1. The van der Waals surface area contributed by atoms with Gasteiger partial charge in [0.1, 0.15) is 18.4 Å². The van der Waals surface area contributed by atoms with Crippen molar-refractivity contribution in [3.63, 3.8) is 0 Å². The average Bonchev–Trinajstić information content (AvgIpc) is 3.06. The first-order valence-electron chi connectivity index (χ1n) is 10.1. The third-order valence-corrected chi connectivity index (χ3v) is 6.03. The fourth-order valence-electron chi connectivity index (χ4n) is 4.63. The van der Waals surface area contributed by atoms with Crippen LogP contribution in [0.5, 0.6) is 5.75 Å². The van der Waals surface area contributed by atoms with Crippen molar-refractivity contribution >= 4 is 16.8 Å². The molecule has 2 atom stereocenters. The Balaban J connectivity index is 1.40. The first-order valence-corrected chi connectivity index (χ1v) is 10.1. The number of nitrogens with zero attached hydrogens (tertiary/aromatic N) is 2. The Bertz CT molecular complexity index is 795. The van der Waals surface area contributed by atoms with Gasteiger partial charge in [0, 0.05) is 30.7 Å². The molecule has 1 aliphatic carbocycles. The molecule has 1 saturated carbocycles. The molecule has 1 aromatic heterocycles. The van der Waals surface area contributed by atoms with Gasteiger partial charge in [0.15, 0.2) is 0 Å². The molecule has 1 aromatic carbocycles. The lowest BCUT2D eigenvalue weighted by Crippen LogP contribution is -2.50. The number of hydrogen-bond donors (Lipinski definition) is 2. The normalized spacial score (nSPS) is 24.9. The molecule has 2 fully saturated rings. The number of hydrogen-bond acceptors (Lipinski definition) is 4. The smallest absolute Gasteiger partial charge is 0.237 e. The average molecular weight is 371 g/mol. The second-order valence-electron chi connectivity index (χ2n) is 7.87. The largest absolute Gasteiger partial charge is 0.490 e. The van der Waals surface area contributed by atoms with Crippen LogP contribution in [0.1, 0.15) is 38.5 Å². The van der Waals surface area contributed by atoms with Gasteiger partial charge in [-0.15, -0.1) is 0 Å². The maximum atomic E-state index is 11.2. The zero-order valence-corrected chi connectivity index (χ0v) is 15.7. The quantitative estimate of drug-likeness (QED) is 0.845. The molecule has 0 radical (unpaired) electrons. The van der Waals surface area contributed by atoms with Gasteiger partial charge >= 0.3 is 0 Å².